The molecule has 5 aromatic rings. The van der Waals surface area contributed by atoms with Gasteiger partial charge in [-0.25, -0.2) is 0 Å². The van der Waals surface area contributed by atoms with Crippen LogP contribution < -0.4 is 0 Å². The van der Waals surface area contributed by atoms with Crippen molar-refractivity contribution in [2.75, 3.05) is 6.61 Å². The van der Waals surface area contributed by atoms with Crippen molar-refractivity contribution in [3.63, 3.8) is 0 Å². The molecule has 0 amide bonds. The van der Waals surface area contributed by atoms with Gasteiger partial charge in [-0.15, -0.1) is 0 Å². The maximum atomic E-state index is 8.81. The van der Waals surface area contributed by atoms with Crippen LogP contribution in [0.3, 0.4) is 0 Å². The molecule has 0 unspecified atom stereocenters. The molecule has 0 radical (unpaired) electrons. The number of carbonyl (C=O) groups is 1. The minimum Gasteiger partial charge on any atom is -0.374 e. The van der Waals surface area contributed by atoms with E-state index in [9.17, 15) is 0 Å². The third-order valence-corrected chi connectivity index (χ3v) is 8.26. The Labute approximate surface area is 304 Å². The van der Waals surface area contributed by atoms with Crippen LogP contribution in [0.2, 0.25) is 0 Å². The largest absolute Gasteiger partial charge is 0.374 e. The summed E-state index contributed by atoms with van der Waals surface area (Å²) in [5.74, 6) is 0. The lowest BCUT2D eigenvalue weighted by atomic mass is 9.90. The minimum absolute atomic E-state index is 0.284. The summed E-state index contributed by atoms with van der Waals surface area (Å²) in [6.45, 7) is 7.57. The third kappa shape index (κ3) is 13.3. The highest BCUT2D eigenvalue weighted by Crippen LogP contribution is 2.32. The molecule has 1 aliphatic rings. The number of rotatable bonds is 15. The molecular weight excluding hydrogens is 636 g/mol. The summed E-state index contributed by atoms with van der Waals surface area (Å²) in [5, 5.41) is 0. The molecule has 0 saturated carbocycles. The third-order valence-electron chi connectivity index (χ3n) is 8.26. The van der Waals surface area contributed by atoms with Crippen LogP contribution >= 0.6 is 0 Å². The summed E-state index contributed by atoms with van der Waals surface area (Å²) in [6, 6.07) is 51.4. The van der Waals surface area contributed by atoms with Crippen LogP contribution in [0.1, 0.15) is 48.6 Å². The van der Waals surface area contributed by atoms with E-state index in [0.29, 0.717) is 39.5 Å². The van der Waals surface area contributed by atoms with Crippen LogP contribution in [-0.4, -0.2) is 43.4 Å². The first-order chi connectivity index (χ1) is 25.2. The number of carbonyl (C=O) groups excluding carboxylic acids is 1. The average Bonchev–Trinajstić information content (AvgIpc) is 3.19. The molecule has 51 heavy (non-hydrogen) atoms. The Morgan fingerprint density at radius 2 is 0.784 bits per heavy atom. The van der Waals surface area contributed by atoms with Crippen molar-refractivity contribution < 1.29 is 28.5 Å². The van der Waals surface area contributed by atoms with Crippen LogP contribution in [0.4, 0.5) is 0 Å². The number of hydrogen-bond acceptors (Lipinski definition) is 6. The molecule has 6 rings (SSSR count). The monoisotopic (exact) mass is 688 g/mol. The lowest BCUT2D eigenvalue weighted by Gasteiger charge is -2.46. The highest BCUT2D eigenvalue weighted by Gasteiger charge is 2.48. The Hall–Kier alpha value is -4.43. The van der Waals surface area contributed by atoms with Crippen LogP contribution in [0.5, 0.6) is 0 Å². The predicted octanol–water partition coefficient (Wildman–Crippen LogP) is 9.20. The second-order valence-corrected chi connectivity index (χ2v) is 11.9. The first-order valence-corrected chi connectivity index (χ1v) is 17.9. The fourth-order valence-electron chi connectivity index (χ4n) is 5.90. The van der Waals surface area contributed by atoms with E-state index in [1.54, 1.807) is 0 Å². The van der Waals surface area contributed by atoms with E-state index in [-0.39, 0.29) is 12.2 Å². The van der Waals surface area contributed by atoms with E-state index < -0.39 is 18.3 Å². The van der Waals surface area contributed by atoms with Crippen molar-refractivity contribution >= 4 is 6.29 Å². The lowest BCUT2D eigenvalue weighted by molar-refractivity contribution is -0.272. The molecule has 0 spiro atoms. The molecule has 1 saturated heterocycles. The van der Waals surface area contributed by atoms with E-state index in [1.807, 2.05) is 92.7 Å². The predicted molar refractivity (Wildman–Crippen MR) is 203 cm³/mol. The van der Waals surface area contributed by atoms with Gasteiger partial charge < -0.3 is 28.5 Å². The average molecular weight is 689 g/mol. The summed E-state index contributed by atoms with van der Waals surface area (Å²) in [4.78, 5) is 8.81. The second-order valence-electron chi connectivity index (χ2n) is 11.9. The van der Waals surface area contributed by atoms with Crippen LogP contribution in [0, 0.1) is 0 Å². The first kappa shape index (κ1) is 39.4. The molecule has 0 bridgehead atoms. The van der Waals surface area contributed by atoms with Crippen molar-refractivity contribution in [3.05, 3.63) is 179 Å². The van der Waals surface area contributed by atoms with E-state index >= 15 is 0 Å². The van der Waals surface area contributed by atoms with Crippen LogP contribution in [-0.2, 0) is 61.3 Å². The zero-order valence-electron chi connectivity index (χ0n) is 30.1. The zero-order chi connectivity index (χ0) is 35.9. The summed E-state index contributed by atoms with van der Waals surface area (Å²) >= 11 is 0. The van der Waals surface area contributed by atoms with Gasteiger partial charge in [-0.3, -0.25) is 0 Å². The fourth-order valence-corrected chi connectivity index (χ4v) is 5.90. The summed E-state index contributed by atoms with van der Waals surface area (Å²) in [5.41, 5.74) is 5.56. The standard InChI is InChI=1S/C41H42O5.C2H4O.C2H6/c1-6-16-32(17-7-1)26-37-39(43-28-34-20-10-3-11-21-34)41(45-30-36-24-14-5-15-25-36)40(44-29-35-22-12-4-13-23-35)38(46-37)31-42-27-33-18-8-2-9-19-33;1-2-3;1-2/h1-25,37-41H,26-31H2;2H,1H3;1-2H3/t37-,38+,39-,40+,41+;;/m0../s1. The van der Waals surface area contributed by atoms with Crippen LogP contribution in [0.25, 0.3) is 0 Å². The van der Waals surface area contributed by atoms with Crippen molar-refractivity contribution in [1.29, 1.82) is 0 Å². The smallest absolute Gasteiger partial charge is 0.116 e. The molecule has 0 N–H and O–H groups in total. The SMILES string of the molecule is CC.CC=O.c1ccc(COC[C@H]2O[C@@H](Cc3ccccc3)[C@H](OCc3ccccc3)[C@@H](OCc3ccccc3)[C@@H]2OCc2ccccc2)cc1. The van der Waals surface area contributed by atoms with Crippen molar-refractivity contribution in [2.45, 2.75) is 84.1 Å². The fraction of sp³-hybridized carbons (Fsp3) is 0.311. The van der Waals surface area contributed by atoms with Gasteiger partial charge in [-0.05, 0) is 34.7 Å². The van der Waals surface area contributed by atoms with E-state index in [4.69, 9.17) is 28.5 Å². The van der Waals surface area contributed by atoms with Gasteiger partial charge >= 0.3 is 0 Å². The number of hydrogen-bond donors (Lipinski definition) is 0. The van der Waals surface area contributed by atoms with Gasteiger partial charge in [0.15, 0.2) is 0 Å². The summed E-state index contributed by atoms with van der Waals surface area (Å²) in [6.07, 6.45) is -0.484. The molecule has 6 heteroatoms. The maximum Gasteiger partial charge on any atom is 0.116 e. The van der Waals surface area contributed by atoms with Crippen molar-refractivity contribution in [3.8, 4) is 0 Å². The molecule has 6 nitrogen and oxygen atoms in total. The van der Waals surface area contributed by atoms with Gasteiger partial charge in [0, 0.05) is 6.42 Å². The molecule has 5 atom stereocenters. The molecule has 0 aliphatic carbocycles. The number of aldehydes is 1. The number of ether oxygens (including phenoxy) is 5. The Bertz CT molecular complexity index is 1590. The van der Waals surface area contributed by atoms with Crippen molar-refractivity contribution in [2.24, 2.45) is 0 Å². The molecule has 1 aliphatic heterocycles. The van der Waals surface area contributed by atoms with Crippen LogP contribution in [0.15, 0.2) is 152 Å². The van der Waals surface area contributed by atoms with Gasteiger partial charge in [-0.2, -0.15) is 0 Å². The molecular formula is C45H52O6. The lowest BCUT2D eigenvalue weighted by Crippen LogP contribution is -2.61. The normalized spacial score (nSPS) is 19.5. The minimum atomic E-state index is -0.438. The molecule has 1 fully saturated rings. The highest BCUT2D eigenvalue weighted by molar-refractivity contribution is 5.44. The van der Waals surface area contributed by atoms with Gasteiger partial charge in [0.25, 0.3) is 0 Å². The van der Waals surface area contributed by atoms with E-state index in [1.165, 1.54) is 12.5 Å². The molecule has 1 heterocycles. The first-order valence-electron chi connectivity index (χ1n) is 17.9. The Morgan fingerprint density at radius 3 is 1.18 bits per heavy atom. The Balaban J connectivity index is 0.00000111. The number of benzene rings is 5. The topological polar surface area (TPSA) is 63.2 Å². The van der Waals surface area contributed by atoms with Gasteiger partial charge in [0.2, 0.25) is 0 Å². The van der Waals surface area contributed by atoms with E-state index in [2.05, 4.69) is 72.8 Å². The maximum absolute atomic E-state index is 8.81. The quantitative estimate of drug-likeness (QED) is 0.102. The van der Waals surface area contributed by atoms with Gasteiger partial charge in [0.1, 0.15) is 30.7 Å². The van der Waals surface area contributed by atoms with E-state index in [0.717, 1.165) is 28.5 Å². The Morgan fingerprint density at radius 1 is 0.471 bits per heavy atom. The van der Waals surface area contributed by atoms with Crippen molar-refractivity contribution in [1.82, 2.24) is 0 Å². The molecule has 0 aromatic heterocycles. The zero-order valence-corrected chi connectivity index (χ0v) is 30.1. The van der Waals surface area contributed by atoms with Gasteiger partial charge in [0.05, 0.1) is 39.1 Å². The molecule has 5 aromatic carbocycles. The summed E-state index contributed by atoms with van der Waals surface area (Å²) < 4.78 is 33.7. The molecule has 268 valence electrons. The summed E-state index contributed by atoms with van der Waals surface area (Å²) in [7, 11) is 0. The highest BCUT2D eigenvalue weighted by atomic mass is 16.6. The Kier molecular flexibility index (Phi) is 17.8. The van der Waals surface area contributed by atoms with Gasteiger partial charge in [-0.1, -0.05) is 166 Å². The second kappa shape index (κ2) is 23.1.